The highest BCUT2D eigenvalue weighted by atomic mass is 19.2. The van der Waals surface area contributed by atoms with Gasteiger partial charge >= 0.3 is 0 Å². The number of rotatable bonds is 6. The summed E-state index contributed by atoms with van der Waals surface area (Å²) < 4.78 is 44.4. The van der Waals surface area contributed by atoms with E-state index in [0.717, 1.165) is 38.2 Å². The van der Waals surface area contributed by atoms with Gasteiger partial charge in [0.15, 0.2) is 11.7 Å². The molecule has 0 radical (unpaired) electrons. The lowest BCUT2D eigenvalue weighted by Gasteiger charge is -2.37. The SMILES string of the molecule is CC.CCC1CCC(C2CCC(COC3=C(F)C(F)=C(OC)CC3)CC2)OC1. The Hall–Kier alpha value is -1.10. The molecular formula is C23H38F2O3. The fourth-order valence-electron chi connectivity index (χ4n) is 4.48. The minimum Gasteiger partial charge on any atom is -0.498 e. The maximum Gasteiger partial charge on any atom is 0.199 e. The van der Waals surface area contributed by atoms with Crippen LogP contribution in [0.4, 0.5) is 8.78 Å². The van der Waals surface area contributed by atoms with Crippen molar-refractivity contribution in [3.05, 3.63) is 23.2 Å². The first-order valence-corrected chi connectivity index (χ1v) is 11.2. The van der Waals surface area contributed by atoms with Crippen molar-refractivity contribution in [2.45, 2.75) is 84.7 Å². The van der Waals surface area contributed by atoms with E-state index in [1.54, 1.807) is 0 Å². The van der Waals surface area contributed by atoms with Gasteiger partial charge in [-0.1, -0.05) is 27.2 Å². The summed E-state index contributed by atoms with van der Waals surface area (Å²) in [6, 6.07) is 0. The van der Waals surface area contributed by atoms with Crippen molar-refractivity contribution < 1.29 is 23.0 Å². The highest BCUT2D eigenvalue weighted by Gasteiger charge is 2.32. The van der Waals surface area contributed by atoms with E-state index in [1.165, 1.54) is 26.4 Å². The maximum absolute atomic E-state index is 14.0. The van der Waals surface area contributed by atoms with Gasteiger partial charge in [-0.2, -0.15) is 8.78 Å². The Balaban J connectivity index is 0.00000136. The average Bonchev–Trinajstić information content (AvgIpc) is 2.77. The molecule has 2 fully saturated rings. The summed E-state index contributed by atoms with van der Waals surface area (Å²) in [4.78, 5) is 0. The monoisotopic (exact) mass is 400 g/mol. The summed E-state index contributed by atoms with van der Waals surface area (Å²) >= 11 is 0. The zero-order valence-electron chi connectivity index (χ0n) is 18.1. The van der Waals surface area contributed by atoms with E-state index in [2.05, 4.69) is 6.92 Å². The van der Waals surface area contributed by atoms with Gasteiger partial charge in [-0.3, -0.25) is 0 Å². The Morgan fingerprint density at radius 1 is 0.893 bits per heavy atom. The number of hydrogen-bond donors (Lipinski definition) is 0. The number of allylic oxidation sites excluding steroid dienone is 4. The van der Waals surface area contributed by atoms with E-state index in [0.29, 0.717) is 37.4 Å². The van der Waals surface area contributed by atoms with Crippen LogP contribution in [0.1, 0.15) is 78.6 Å². The fraction of sp³-hybridized carbons (Fsp3) is 0.826. The van der Waals surface area contributed by atoms with Crippen LogP contribution in [-0.4, -0.2) is 26.4 Å². The van der Waals surface area contributed by atoms with Gasteiger partial charge < -0.3 is 14.2 Å². The van der Waals surface area contributed by atoms with Crippen molar-refractivity contribution in [2.75, 3.05) is 20.3 Å². The van der Waals surface area contributed by atoms with Crippen LogP contribution in [0.3, 0.4) is 0 Å². The summed E-state index contributed by atoms with van der Waals surface area (Å²) in [6.45, 7) is 7.64. The number of ether oxygens (including phenoxy) is 3. The van der Waals surface area contributed by atoms with Crippen LogP contribution in [0.2, 0.25) is 0 Å². The molecule has 0 bridgehead atoms. The first kappa shape index (κ1) is 23.2. The van der Waals surface area contributed by atoms with Crippen molar-refractivity contribution in [3.8, 4) is 0 Å². The van der Waals surface area contributed by atoms with Gasteiger partial charge in [0.25, 0.3) is 0 Å². The summed E-state index contributed by atoms with van der Waals surface area (Å²) in [5, 5.41) is 0. The van der Waals surface area contributed by atoms with Gasteiger partial charge in [-0.25, -0.2) is 0 Å². The molecule has 3 nitrogen and oxygen atoms in total. The predicted molar refractivity (Wildman–Crippen MR) is 108 cm³/mol. The van der Waals surface area contributed by atoms with Crippen LogP contribution in [0.5, 0.6) is 0 Å². The molecule has 2 atom stereocenters. The van der Waals surface area contributed by atoms with Crippen LogP contribution in [0.25, 0.3) is 0 Å². The second kappa shape index (κ2) is 11.8. The van der Waals surface area contributed by atoms with Crippen molar-refractivity contribution in [2.24, 2.45) is 17.8 Å². The lowest BCUT2D eigenvalue weighted by atomic mass is 9.77. The van der Waals surface area contributed by atoms with Gasteiger partial charge in [-0.15, -0.1) is 0 Å². The molecule has 3 rings (SSSR count). The van der Waals surface area contributed by atoms with E-state index in [4.69, 9.17) is 14.2 Å². The van der Waals surface area contributed by atoms with E-state index >= 15 is 0 Å². The van der Waals surface area contributed by atoms with Crippen LogP contribution in [-0.2, 0) is 14.2 Å². The van der Waals surface area contributed by atoms with E-state index in [9.17, 15) is 8.78 Å². The molecule has 0 aromatic rings. The van der Waals surface area contributed by atoms with Crippen molar-refractivity contribution in [3.63, 3.8) is 0 Å². The molecule has 0 amide bonds. The molecule has 162 valence electrons. The molecule has 1 saturated carbocycles. The maximum atomic E-state index is 14.0. The van der Waals surface area contributed by atoms with Crippen LogP contribution < -0.4 is 0 Å². The minimum atomic E-state index is -0.905. The lowest BCUT2D eigenvalue weighted by molar-refractivity contribution is -0.0604. The minimum absolute atomic E-state index is 0.0770. The predicted octanol–water partition coefficient (Wildman–Crippen LogP) is 6.84. The molecule has 0 aromatic carbocycles. The standard InChI is InChI=1S/C21H32F2O3.C2H6/c1-3-14-6-9-17(25-12-14)16-7-4-15(5-8-16)13-26-19-11-10-18(24-2)20(22)21(19)23;1-2/h14-17H,3-13H2,1-2H3;1-2H3. The Morgan fingerprint density at radius 2 is 1.50 bits per heavy atom. The van der Waals surface area contributed by atoms with Gasteiger partial charge in [0.2, 0.25) is 0 Å². The smallest absolute Gasteiger partial charge is 0.199 e. The molecule has 2 unspecified atom stereocenters. The molecule has 0 aromatic heterocycles. The van der Waals surface area contributed by atoms with Gasteiger partial charge in [0.1, 0.15) is 11.5 Å². The molecule has 1 saturated heterocycles. The Morgan fingerprint density at radius 3 is 2.07 bits per heavy atom. The van der Waals surface area contributed by atoms with Gasteiger partial charge in [-0.05, 0) is 56.3 Å². The van der Waals surface area contributed by atoms with Crippen molar-refractivity contribution >= 4 is 0 Å². The zero-order valence-corrected chi connectivity index (χ0v) is 18.1. The van der Waals surface area contributed by atoms with Crippen LogP contribution >= 0.6 is 0 Å². The molecular weight excluding hydrogens is 362 g/mol. The van der Waals surface area contributed by atoms with Crippen LogP contribution in [0.15, 0.2) is 23.2 Å². The van der Waals surface area contributed by atoms with Crippen molar-refractivity contribution in [1.29, 1.82) is 0 Å². The molecule has 0 N–H and O–H groups in total. The first-order chi connectivity index (χ1) is 13.6. The molecule has 5 heteroatoms. The Bertz CT molecular complexity index is 528. The third-order valence-electron chi connectivity index (χ3n) is 6.40. The average molecular weight is 401 g/mol. The van der Waals surface area contributed by atoms with E-state index < -0.39 is 11.7 Å². The van der Waals surface area contributed by atoms with Gasteiger partial charge in [0, 0.05) is 19.4 Å². The second-order valence-corrected chi connectivity index (χ2v) is 7.99. The molecule has 0 spiro atoms. The third kappa shape index (κ3) is 5.95. The number of halogens is 2. The second-order valence-electron chi connectivity index (χ2n) is 7.99. The normalized spacial score (nSPS) is 31.2. The topological polar surface area (TPSA) is 27.7 Å². The number of hydrogen-bond acceptors (Lipinski definition) is 3. The highest BCUT2D eigenvalue weighted by molar-refractivity contribution is 5.29. The summed E-state index contributed by atoms with van der Waals surface area (Å²) in [5.74, 6) is 0.247. The zero-order chi connectivity index (χ0) is 20.5. The molecule has 1 heterocycles. The largest absolute Gasteiger partial charge is 0.498 e. The van der Waals surface area contributed by atoms with Crippen molar-refractivity contribution in [1.82, 2.24) is 0 Å². The lowest BCUT2D eigenvalue weighted by Crippen LogP contribution is -2.34. The van der Waals surface area contributed by atoms with E-state index in [-0.39, 0.29) is 11.5 Å². The third-order valence-corrected chi connectivity index (χ3v) is 6.40. The Kier molecular flexibility index (Phi) is 9.76. The summed E-state index contributed by atoms with van der Waals surface area (Å²) in [7, 11) is 1.37. The van der Waals surface area contributed by atoms with E-state index in [1.807, 2.05) is 13.8 Å². The Labute approximate surface area is 169 Å². The number of methoxy groups -OCH3 is 1. The molecule has 28 heavy (non-hydrogen) atoms. The molecule has 3 aliphatic rings. The van der Waals surface area contributed by atoms with Crippen LogP contribution in [0, 0.1) is 17.8 Å². The molecule has 1 aliphatic heterocycles. The highest BCUT2D eigenvalue weighted by Crippen LogP contribution is 2.38. The summed E-state index contributed by atoms with van der Waals surface area (Å²) in [5.41, 5.74) is 0. The quantitative estimate of drug-likeness (QED) is 0.488. The molecule has 2 aliphatic carbocycles. The first-order valence-electron chi connectivity index (χ1n) is 11.2. The summed E-state index contributed by atoms with van der Waals surface area (Å²) in [6.07, 6.45) is 9.31. The van der Waals surface area contributed by atoms with Gasteiger partial charge in [0.05, 0.1) is 19.8 Å². The fourth-order valence-corrected chi connectivity index (χ4v) is 4.48.